The zero-order valence-corrected chi connectivity index (χ0v) is 9.85. The van der Waals surface area contributed by atoms with Crippen LogP contribution >= 0.6 is 11.6 Å². The molecule has 0 aliphatic carbocycles. The van der Waals surface area contributed by atoms with E-state index in [0.29, 0.717) is 6.04 Å². The quantitative estimate of drug-likeness (QED) is 0.775. The molecule has 1 aromatic heterocycles. The Kier molecular flexibility index (Phi) is 2.62. The van der Waals surface area contributed by atoms with Gasteiger partial charge in [0.1, 0.15) is 0 Å². The number of aromatic nitrogens is 1. The van der Waals surface area contributed by atoms with Crippen molar-refractivity contribution < 1.29 is 0 Å². The van der Waals surface area contributed by atoms with E-state index in [4.69, 9.17) is 11.6 Å². The van der Waals surface area contributed by atoms with Crippen LogP contribution in [0.3, 0.4) is 0 Å². The highest BCUT2D eigenvalue weighted by atomic mass is 35.5. The molecule has 0 amide bonds. The van der Waals surface area contributed by atoms with Crippen LogP contribution in [0.5, 0.6) is 0 Å². The number of benzene rings is 1. The molecule has 0 spiro atoms. The predicted octanol–water partition coefficient (Wildman–Crippen LogP) is 3.64. The van der Waals surface area contributed by atoms with Gasteiger partial charge in [-0.15, -0.1) is 0 Å². The highest BCUT2D eigenvalue weighted by Crippen LogP contribution is 2.33. The molecule has 84 valence electrons. The summed E-state index contributed by atoms with van der Waals surface area (Å²) in [6.45, 7) is 1.11. The fourth-order valence-corrected chi connectivity index (χ4v) is 2.84. The summed E-state index contributed by atoms with van der Waals surface area (Å²) in [5.74, 6) is 0. The molecule has 2 nitrogen and oxygen atoms in total. The number of aromatic amines is 1. The lowest BCUT2D eigenvalue weighted by Gasteiger charge is -2.24. The van der Waals surface area contributed by atoms with Crippen LogP contribution in [-0.4, -0.2) is 11.5 Å². The number of fused-ring (bicyclic) bond motifs is 1. The SMILES string of the molecule is Clc1c[nH]c2cccc(C3CCCCN3)c12. The van der Waals surface area contributed by atoms with Crippen molar-refractivity contribution in [3.05, 3.63) is 35.0 Å². The van der Waals surface area contributed by atoms with E-state index in [1.165, 1.54) is 30.2 Å². The first kappa shape index (κ1) is 10.2. The fraction of sp³-hybridized carbons (Fsp3) is 0.385. The lowest BCUT2D eigenvalue weighted by Crippen LogP contribution is -2.26. The van der Waals surface area contributed by atoms with Crippen LogP contribution in [-0.2, 0) is 0 Å². The molecule has 1 fully saturated rings. The summed E-state index contributed by atoms with van der Waals surface area (Å²) >= 11 is 6.24. The third-order valence-corrected chi connectivity index (χ3v) is 3.67. The van der Waals surface area contributed by atoms with Crippen LogP contribution in [0, 0.1) is 0 Å². The maximum Gasteiger partial charge on any atom is 0.0662 e. The molecule has 16 heavy (non-hydrogen) atoms. The molecule has 3 rings (SSSR count). The van der Waals surface area contributed by atoms with Crippen LogP contribution in [0.15, 0.2) is 24.4 Å². The molecular formula is C13H15ClN2. The summed E-state index contributed by atoms with van der Waals surface area (Å²) in [6, 6.07) is 6.82. The third kappa shape index (κ3) is 1.62. The molecule has 1 aliphatic heterocycles. The molecule has 0 saturated carbocycles. The van der Waals surface area contributed by atoms with Gasteiger partial charge in [-0.25, -0.2) is 0 Å². The van der Waals surface area contributed by atoms with Gasteiger partial charge in [0.25, 0.3) is 0 Å². The van der Waals surface area contributed by atoms with Gasteiger partial charge in [-0.1, -0.05) is 30.2 Å². The molecule has 1 aliphatic rings. The van der Waals surface area contributed by atoms with Crippen LogP contribution < -0.4 is 5.32 Å². The number of hydrogen-bond donors (Lipinski definition) is 2. The maximum absolute atomic E-state index is 6.24. The minimum Gasteiger partial charge on any atom is -0.360 e. The van der Waals surface area contributed by atoms with Gasteiger partial charge in [-0.05, 0) is 31.0 Å². The highest BCUT2D eigenvalue weighted by Gasteiger charge is 2.18. The van der Waals surface area contributed by atoms with E-state index in [-0.39, 0.29) is 0 Å². The van der Waals surface area contributed by atoms with Crippen LogP contribution in [0.4, 0.5) is 0 Å². The first-order valence-corrected chi connectivity index (χ1v) is 6.23. The molecule has 2 aromatic rings. The van der Waals surface area contributed by atoms with Gasteiger partial charge in [0, 0.05) is 23.1 Å². The molecule has 1 aromatic carbocycles. The molecular weight excluding hydrogens is 220 g/mol. The molecule has 2 N–H and O–H groups in total. The van der Waals surface area contributed by atoms with Gasteiger partial charge in [0.05, 0.1) is 5.02 Å². The van der Waals surface area contributed by atoms with E-state index in [2.05, 4.69) is 28.5 Å². The van der Waals surface area contributed by atoms with Crippen molar-refractivity contribution in [1.29, 1.82) is 0 Å². The third-order valence-electron chi connectivity index (χ3n) is 3.38. The van der Waals surface area contributed by atoms with Gasteiger partial charge in [-0.3, -0.25) is 0 Å². The van der Waals surface area contributed by atoms with Crippen molar-refractivity contribution in [2.24, 2.45) is 0 Å². The van der Waals surface area contributed by atoms with Gasteiger partial charge in [0.15, 0.2) is 0 Å². The minimum atomic E-state index is 0.464. The van der Waals surface area contributed by atoms with Gasteiger partial charge < -0.3 is 10.3 Å². The summed E-state index contributed by atoms with van der Waals surface area (Å²) in [6.07, 6.45) is 5.67. The van der Waals surface area contributed by atoms with Crippen molar-refractivity contribution in [2.45, 2.75) is 25.3 Å². The Morgan fingerprint density at radius 1 is 1.25 bits per heavy atom. The summed E-state index contributed by atoms with van der Waals surface area (Å²) in [7, 11) is 0. The van der Waals surface area contributed by atoms with Crippen LogP contribution in [0.25, 0.3) is 10.9 Å². The van der Waals surface area contributed by atoms with E-state index in [0.717, 1.165) is 17.1 Å². The summed E-state index contributed by atoms with van der Waals surface area (Å²) in [4.78, 5) is 3.21. The summed E-state index contributed by atoms with van der Waals surface area (Å²) in [5.41, 5.74) is 2.47. The average Bonchev–Trinajstić information content (AvgIpc) is 2.73. The second kappa shape index (κ2) is 4.11. The largest absolute Gasteiger partial charge is 0.360 e. The number of hydrogen-bond acceptors (Lipinski definition) is 1. The zero-order valence-electron chi connectivity index (χ0n) is 9.09. The number of nitrogens with one attached hydrogen (secondary N) is 2. The molecule has 1 atom stereocenters. The zero-order chi connectivity index (χ0) is 11.0. The monoisotopic (exact) mass is 234 g/mol. The van der Waals surface area contributed by atoms with E-state index < -0.39 is 0 Å². The standard InChI is InChI=1S/C13H15ClN2/c14-10-8-16-12-6-3-4-9(13(10)12)11-5-1-2-7-15-11/h3-4,6,8,11,15-16H,1-2,5,7H2. The van der Waals surface area contributed by atoms with E-state index >= 15 is 0 Å². The predicted molar refractivity (Wildman–Crippen MR) is 67.9 cm³/mol. The number of rotatable bonds is 1. The average molecular weight is 235 g/mol. The Balaban J connectivity index is 2.10. The van der Waals surface area contributed by atoms with E-state index in [9.17, 15) is 0 Å². The molecule has 0 radical (unpaired) electrons. The second-order valence-corrected chi connectivity index (χ2v) is 4.82. The van der Waals surface area contributed by atoms with Crippen molar-refractivity contribution in [1.82, 2.24) is 10.3 Å². The number of piperidine rings is 1. The summed E-state index contributed by atoms with van der Waals surface area (Å²) < 4.78 is 0. The Morgan fingerprint density at radius 3 is 3.00 bits per heavy atom. The smallest absolute Gasteiger partial charge is 0.0662 e. The highest BCUT2D eigenvalue weighted by molar-refractivity contribution is 6.35. The van der Waals surface area contributed by atoms with Gasteiger partial charge in [-0.2, -0.15) is 0 Å². The Labute approximate surface area is 100.0 Å². The first-order valence-electron chi connectivity index (χ1n) is 5.85. The van der Waals surface area contributed by atoms with E-state index in [1.54, 1.807) is 0 Å². The topological polar surface area (TPSA) is 27.8 Å². The Morgan fingerprint density at radius 2 is 2.19 bits per heavy atom. The van der Waals surface area contributed by atoms with Crippen LogP contribution in [0.2, 0.25) is 5.02 Å². The maximum atomic E-state index is 6.24. The fourth-order valence-electron chi connectivity index (χ4n) is 2.58. The molecule has 1 unspecified atom stereocenters. The molecule has 1 saturated heterocycles. The summed E-state index contributed by atoms with van der Waals surface area (Å²) in [5, 5.41) is 5.59. The van der Waals surface area contributed by atoms with Crippen molar-refractivity contribution in [3.63, 3.8) is 0 Å². The second-order valence-electron chi connectivity index (χ2n) is 4.41. The lowest BCUT2D eigenvalue weighted by atomic mass is 9.95. The van der Waals surface area contributed by atoms with Gasteiger partial charge in [0.2, 0.25) is 0 Å². The minimum absolute atomic E-state index is 0.464. The van der Waals surface area contributed by atoms with Gasteiger partial charge >= 0.3 is 0 Å². The number of H-pyrrole nitrogens is 1. The molecule has 3 heteroatoms. The molecule has 0 bridgehead atoms. The lowest BCUT2D eigenvalue weighted by molar-refractivity contribution is 0.414. The van der Waals surface area contributed by atoms with E-state index in [1.807, 2.05) is 6.20 Å². The van der Waals surface area contributed by atoms with Crippen molar-refractivity contribution in [2.75, 3.05) is 6.54 Å². The first-order chi connectivity index (χ1) is 7.86. The van der Waals surface area contributed by atoms with Crippen molar-refractivity contribution in [3.8, 4) is 0 Å². The van der Waals surface area contributed by atoms with Crippen LogP contribution in [0.1, 0.15) is 30.9 Å². The Bertz CT molecular complexity index is 498. The number of halogens is 1. The normalized spacial score (nSPS) is 21.4. The van der Waals surface area contributed by atoms with Crippen molar-refractivity contribution >= 4 is 22.5 Å². The Hall–Kier alpha value is -0.990. The molecule has 2 heterocycles.